The second-order valence-electron chi connectivity index (χ2n) is 6.78. The maximum Gasteiger partial charge on any atom is 0.214 e. The third-order valence-electron chi connectivity index (χ3n) is 4.08. The zero-order valence-corrected chi connectivity index (χ0v) is 13.8. The molecule has 0 amide bonds. The molecule has 2 rings (SSSR count). The van der Waals surface area contributed by atoms with Gasteiger partial charge in [-0.2, -0.15) is 4.31 Å². The highest BCUT2D eigenvalue weighted by atomic mass is 32.2. The van der Waals surface area contributed by atoms with Crippen molar-refractivity contribution in [2.24, 2.45) is 5.92 Å². The summed E-state index contributed by atoms with van der Waals surface area (Å²) in [6.07, 6.45) is 7.43. The van der Waals surface area contributed by atoms with Gasteiger partial charge >= 0.3 is 0 Å². The van der Waals surface area contributed by atoms with E-state index in [-0.39, 0.29) is 0 Å². The molecule has 2 aliphatic rings. The Hall–Kier alpha value is -0.130. The van der Waals surface area contributed by atoms with Crippen LogP contribution >= 0.6 is 0 Å². The fraction of sp³-hybridized carbons (Fsp3) is 1.00. The van der Waals surface area contributed by atoms with Crippen LogP contribution in [0.1, 0.15) is 58.8 Å². The molecule has 2 aliphatic carbocycles. The van der Waals surface area contributed by atoms with Crippen molar-refractivity contribution in [1.29, 1.82) is 0 Å². The average molecular weight is 302 g/mol. The summed E-state index contributed by atoms with van der Waals surface area (Å²) in [5.74, 6) is 0.891. The molecule has 0 atom stereocenters. The summed E-state index contributed by atoms with van der Waals surface area (Å²) in [5, 5.41) is 3.44. The molecule has 0 aliphatic heterocycles. The van der Waals surface area contributed by atoms with Crippen LogP contribution in [-0.2, 0) is 10.0 Å². The van der Waals surface area contributed by atoms with E-state index in [1.165, 1.54) is 12.8 Å². The van der Waals surface area contributed by atoms with Crippen LogP contribution in [0.2, 0.25) is 0 Å². The lowest BCUT2D eigenvalue weighted by molar-refractivity contribution is 0.372. The van der Waals surface area contributed by atoms with Gasteiger partial charge in [-0.15, -0.1) is 0 Å². The van der Waals surface area contributed by atoms with Crippen LogP contribution in [0.4, 0.5) is 0 Å². The molecule has 1 N–H and O–H groups in total. The summed E-state index contributed by atoms with van der Waals surface area (Å²) in [6, 6.07) is 1.03. The predicted molar refractivity (Wildman–Crippen MR) is 83.2 cm³/mol. The monoisotopic (exact) mass is 302 g/mol. The molecule has 0 aromatic heterocycles. The zero-order chi connectivity index (χ0) is 14.6. The minimum absolute atomic E-state index is 0.309. The molecule has 0 heterocycles. The van der Waals surface area contributed by atoms with Crippen LogP contribution in [0.5, 0.6) is 0 Å². The third-order valence-corrected chi connectivity index (χ3v) is 6.08. The second kappa shape index (κ2) is 7.23. The Morgan fingerprint density at radius 3 is 2.40 bits per heavy atom. The fourth-order valence-electron chi connectivity index (χ4n) is 2.42. The molecule has 2 fully saturated rings. The molecule has 4 nitrogen and oxygen atoms in total. The number of hydrogen-bond donors (Lipinski definition) is 1. The van der Waals surface area contributed by atoms with Crippen LogP contribution in [0.3, 0.4) is 0 Å². The van der Waals surface area contributed by atoms with E-state index in [4.69, 9.17) is 0 Å². The summed E-state index contributed by atoms with van der Waals surface area (Å²) >= 11 is 0. The molecular weight excluding hydrogens is 272 g/mol. The van der Waals surface area contributed by atoms with Crippen molar-refractivity contribution in [3.05, 3.63) is 0 Å². The van der Waals surface area contributed by atoms with E-state index >= 15 is 0 Å². The first-order valence-corrected chi connectivity index (χ1v) is 9.83. The van der Waals surface area contributed by atoms with Gasteiger partial charge in [-0.1, -0.05) is 13.8 Å². The number of nitrogens with one attached hydrogen (secondary N) is 1. The highest BCUT2D eigenvalue weighted by molar-refractivity contribution is 7.89. The van der Waals surface area contributed by atoms with Gasteiger partial charge in [0, 0.05) is 18.6 Å². The molecule has 0 aromatic rings. The molecule has 5 heteroatoms. The first-order valence-electron chi connectivity index (χ1n) is 8.22. The van der Waals surface area contributed by atoms with E-state index in [1.807, 2.05) is 0 Å². The fourth-order valence-corrected chi connectivity index (χ4v) is 4.27. The van der Waals surface area contributed by atoms with E-state index in [0.29, 0.717) is 24.3 Å². The molecule has 0 saturated heterocycles. The summed E-state index contributed by atoms with van der Waals surface area (Å²) in [7, 11) is -3.03. The van der Waals surface area contributed by atoms with Gasteiger partial charge in [0.1, 0.15) is 0 Å². The van der Waals surface area contributed by atoms with Crippen molar-refractivity contribution in [3.63, 3.8) is 0 Å². The van der Waals surface area contributed by atoms with Crippen molar-refractivity contribution in [2.75, 3.05) is 18.8 Å². The summed E-state index contributed by atoms with van der Waals surface area (Å²) < 4.78 is 26.7. The van der Waals surface area contributed by atoms with Crippen molar-refractivity contribution in [1.82, 2.24) is 9.62 Å². The smallest absolute Gasteiger partial charge is 0.214 e. The van der Waals surface area contributed by atoms with E-state index < -0.39 is 10.0 Å². The lowest BCUT2D eigenvalue weighted by Crippen LogP contribution is -2.36. The maximum atomic E-state index is 12.4. The van der Waals surface area contributed by atoms with E-state index in [9.17, 15) is 8.42 Å². The summed E-state index contributed by atoms with van der Waals surface area (Å²) in [5.41, 5.74) is 0. The van der Waals surface area contributed by atoms with Crippen LogP contribution in [0, 0.1) is 5.92 Å². The Morgan fingerprint density at radius 2 is 1.85 bits per heavy atom. The van der Waals surface area contributed by atoms with Gasteiger partial charge < -0.3 is 5.32 Å². The molecule has 0 unspecified atom stereocenters. The number of sulfonamides is 1. The van der Waals surface area contributed by atoms with Gasteiger partial charge in [-0.3, -0.25) is 0 Å². The molecule has 20 heavy (non-hydrogen) atoms. The van der Waals surface area contributed by atoms with E-state index in [0.717, 1.165) is 44.7 Å². The van der Waals surface area contributed by atoms with Crippen molar-refractivity contribution < 1.29 is 8.42 Å². The number of hydrogen-bond acceptors (Lipinski definition) is 3. The Morgan fingerprint density at radius 1 is 1.15 bits per heavy atom. The summed E-state index contributed by atoms with van der Waals surface area (Å²) in [6.45, 7) is 5.99. The van der Waals surface area contributed by atoms with Crippen LogP contribution in [0.25, 0.3) is 0 Å². The van der Waals surface area contributed by atoms with E-state index in [2.05, 4.69) is 19.2 Å². The van der Waals surface area contributed by atoms with Gasteiger partial charge in [0.15, 0.2) is 0 Å². The topological polar surface area (TPSA) is 49.4 Å². The van der Waals surface area contributed by atoms with E-state index in [1.54, 1.807) is 4.31 Å². The number of nitrogens with zero attached hydrogens (tertiary/aromatic N) is 1. The molecular formula is C15H30N2O2S. The van der Waals surface area contributed by atoms with Gasteiger partial charge in [0.05, 0.1) is 5.75 Å². The van der Waals surface area contributed by atoms with Crippen molar-refractivity contribution >= 4 is 10.0 Å². The average Bonchev–Trinajstić information content (AvgIpc) is 3.22. The van der Waals surface area contributed by atoms with Crippen molar-refractivity contribution in [2.45, 2.75) is 70.9 Å². The van der Waals surface area contributed by atoms with Crippen LogP contribution in [0.15, 0.2) is 0 Å². The van der Waals surface area contributed by atoms with Crippen LogP contribution in [-0.4, -0.2) is 43.6 Å². The van der Waals surface area contributed by atoms with Gasteiger partial charge in [0.2, 0.25) is 10.0 Å². The Balaban J connectivity index is 1.70. The summed E-state index contributed by atoms with van der Waals surface area (Å²) in [4.78, 5) is 0. The van der Waals surface area contributed by atoms with Gasteiger partial charge in [0.25, 0.3) is 0 Å². The normalized spacial score (nSPS) is 20.0. The largest absolute Gasteiger partial charge is 0.314 e. The molecule has 0 aromatic carbocycles. The lowest BCUT2D eigenvalue weighted by atomic mass is 10.1. The molecule has 0 spiro atoms. The quantitative estimate of drug-likeness (QED) is 0.596. The Bertz CT molecular complexity index is 387. The standard InChI is InChI=1S/C15H30N2O2S/c1-13(2)9-11-17(15-7-8-15)20(18,19)12-4-3-10-16-14-5-6-14/h13-16H,3-12H2,1-2H3. The zero-order valence-electron chi connectivity index (χ0n) is 13.0. The molecule has 2 saturated carbocycles. The first-order chi connectivity index (χ1) is 9.49. The molecule has 0 radical (unpaired) electrons. The minimum atomic E-state index is -3.03. The lowest BCUT2D eigenvalue weighted by Gasteiger charge is -2.22. The highest BCUT2D eigenvalue weighted by Gasteiger charge is 2.36. The third kappa shape index (κ3) is 5.70. The Labute approximate surface area is 124 Å². The maximum absolute atomic E-state index is 12.4. The van der Waals surface area contributed by atoms with Gasteiger partial charge in [-0.05, 0) is 57.4 Å². The molecule has 118 valence electrons. The highest BCUT2D eigenvalue weighted by Crippen LogP contribution is 2.30. The van der Waals surface area contributed by atoms with Crippen molar-refractivity contribution in [3.8, 4) is 0 Å². The van der Waals surface area contributed by atoms with Gasteiger partial charge in [-0.25, -0.2) is 8.42 Å². The molecule has 0 bridgehead atoms. The SMILES string of the molecule is CC(C)CCN(C1CC1)S(=O)(=O)CCCCNC1CC1. The van der Waals surface area contributed by atoms with Crippen LogP contribution < -0.4 is 5.32 Å². The number of unbranched alkanes of at least 4 members (excludes halogenated alkanes) is 1. The predicted octanol–water partition coefficient (Wildman–Crippen LogP) is 2.36. The first kappa shape index (κ1) is 16.2. The second-order valence-corrected chi connectivity index (χ2v) is 8.82. The number of rotatable bonds is 11. The minimum Gasteiger partial charge on any atom is -0.314 e. The Kier molecular flexibility index (Phi) is 5.87.